The number of non-ortho nitro benzene ring substituents is 1. The fourth-order valence-electron chi connectivity index (χ4n) is 2.64. The Morgan fingerprint density at radius 1 is 1.45 bits per heavy atom. The molecule has 2 atom stereocenters. The van der Waals surface area contributed by atoms with Crippen molar-refractivity contribution in [2.45, 2.75) is 25.8 Å². The number of rotatable bonds is 3. The Morgan fingerprint density at radius 2 is 2.05 bits per heavy atom. The predicted molar refractivity (Wildman–Crippen MR) is 71.6 cm³/mol. The third-order valence-electron chi connectivity index (χ3n) is 3.85. The molecule has 1 aliphatic rings. The van der Waals surface area contributed by atoms with Gasteiger partial charge in [-0.2, -0.15) is 0 Å². The van der Waals surface area contributed by atoms with Gasteiger partial charge in [-0.25, -0.2) is 8.78 Å². The number of nitro benzene ring substituents is 1. The van der Waals surface area contributed by atoms with Crippen molar-refractivity contribution >= 4 is 11.4 Å². The van der Waals surface area contributed by atoms with E-state index in [4.69, 9.17) is 5.73 Å². The zero-order chi connectivity index (χ0) is 14.9. The molecule has 0 radical (unpaired) electrons. The Kier molecular flexibility index (Phi) is 4.17. The molecule has 0 saturated carbocycles. The Morgan fingerprint density at radius 3 is 2.55 bits per heavy atom. The van der Waals surface area contributed by atoms with E-state index >= 15 is 0 Å². The molecule has 1 aromatic rings. The number of hydrogen-bond acceptors (Lipinski definition) is 4. The van der Waals surface area contributed by atoms with Crippen LogP contribution in [-0.4, -0.2) is 24.1 Å². The molecule has 0 amide bonds. The van der Waals surface area contributed by atoms with Gasteiger partial charge in [-0.15, -0.1) is 0 Å². The number of piperidine rings is 1. The Hall–Kier alpha value is -1.76. The molecule has 0 aliphatic carbocycles. The van der Waals surface area contributed by atoms with Crippen LogP contribution in [0.15, 0.2) is 12.1 Å². The van der Waals surface area contributed by atoms with Gasteiger partial charge in [0.05, 0.1) is 17.1 Å². The van der Waals surface area contributed by atoms with Crippen LogP contribution in [-0.2, 0) is 0 Å². The topological polar surface area (TPSA) is 72.4 Å². The van der Waals surface area contributed by atoms with Crippen LogP contribution in [0.25, 0.3) is 0 Å². The first-order valence-electron chi connectivity index (χ1n) is 6.58. The first kappa shape index (κ1) is 14.6. The minimum atomic E-state index is -0.901. The van der Waals surface area contributed by atoms with E-state index in [9.17, 15) is 18.9 Å². The van der Waals surface area contributed by atoms with Crippen molar-refractivity contribution in [2.75, 3.05) is 18.0 Å². The van der Waals surface area contributed by atoms with E-state index in [1.54, 1.807) is 4.90 Å². The number of halogens is 2. The van der Waals surface area contributed by atoms with Crippen LogP contribution in [0, 0.1) is 27.7 Å². The highest BCUT2D eigenvalue weighted by molar-refractivity contribution is 5.54. The zero-order valence-electron chi connectivity index (χ0n) is 11.2. The lowest BCUT2D eigenvalue weighted by Gasteiger charge is -2.38. The average Bonchev–Trinajstić information content (AvgIpc) is 2.39. The van der Waals surface area contributed by atoms with Crippen LogP contribution in [0.2, 0.25) is 0 Å². The normalized spacial score (nSPS) is 22.9. The maximum atomic E-state index is 14.0. The highest BCUT2D eigenvalue weighted by Gasteiger charge is 2.29. The second-order valence-electron chi connectivity index (χ2n) is 5.08. The Balaban J connectivity index is 2.31. The molecule has 0 aromatic heterocycles. The molecule has 1 aromatic carbocycles. The second-order valence-corrected chi connectivity index (χ2v) is 5.08. The van der Waals surface area contributed by atoms with E-state index in [0.29, 0.717) is 19.5 Å². The highest BCUT2D eigenvalue weighted by atomic mass is 19.1. The molecule has 1 heterocycles. The molecule has 2 rings (SSSR count). The summed E-state index contributed by atoms with van der Waals surface area (Å²) in [5.74, 6) is -1.64. The second kappa shape index (κ2) is 5.70. The molecule has 1 fully saturated rings. The largest absolute Gasteiger partial charge is 0.366 e. The first-order valence-corrected chi connectivity index (χ1v) is 6.58. The summed E-state index contributed by atoms with van der Waals surface area (Å²) in [4.78, 5) is 11.4. The Bertz CT molecular complexity index is 501. The van der Waals surface area contributed by atoms with Gasteiger partial charge in [-0.05, 0) is 12.3 Å². The summed E-state index contributed by atoms with van der Waals surface area (Å²) < 4.78 is 27.9. The number of nitrogens with two attached hydrogens (primary N) is 1. The minimum Gasteiger partial charge on any atom is -0.366 e. The van der Waals surface area contributed by atoms with Gasteiger partial charge < -0.3 is 10.6 Å². The summed E-state index contributed by atoms with van der Waals surface area (Å²) >= 11 is 0. The van der Waals surface area contributed by atoms with Crippen molar-refractivity contribution in [2.24, 2.45) is 11.7 Å². The lowest BCUT2D eigenvalue weighted by Crippen LogP contribution is -2.47. The standard InChI is InChI=1S/C13H17F2N3O2/c1-2-8-7-17(4-3-12(8)16)13-10(14)5-9(18(19)20)6-11(13)15/h5-6,8,12H,2-4,7,16H2,1H3. The van der Waals surface area contributed by atoms with Gasteiger partial charge in [0.2, 0.25) is 0 Å². The first-order chi connectivity index (χ1) is 9.43. The van der Waals surface area contributed by atoms with Crippen molar-refractivity contribution in [1.82, 2.24) is 0 Å². The van der Waals surface area contributed by atoms with Crippen molar-refractivity contribution in [1.29, 1.82) is 0 Å². The van der Waals surface area contributed by atoms with Crippen LogP contribution < -0.4 is 10.6 Å². The van der Waals surface area contributed by atoms with Crippen LogP contribution in [0.5, 0.6) is 0 Å². The van der Waals surface area contributed by atoms with Gasteiger partial charge in [0.1, 0.15) is 5.69 Å². The molecular weight excluding hydrogens is 268 g/mol. The van der Waals surface area contributed by atoms with Crippen molar-refractivity contribution in [3.8, 4) is 0 Å². The number of nitrogens with zero attached hydrogens (tertiary/aromatic N) is 2. The summed E-state index contributed by atoms with van der Waals surface area (Å²) in [6, 6.07) is 1.54. The lowest BCUT2D eigenvalue weighted by atomic mass is 9.90. The third-order valence-corrected chi connectivity index (χ3v) is 3.85. The van der Waals surface area contributed by atoms with Gasteiger partial charge in [0, 0.05) is 19.1 Å². The van der Waals surface area contributed by atoms with E-state index in [-0.39, 0.29) is 17.6 Å². The fraction of sp³-hybridized carbons (Fsp3) is 0.538. The fourth-order valence-corrected chi connectivity index (χ4v) is 2.64. The molecule has 110 valence electrons. The molecule has 2 unspecified atom stereocenters. The summed E-state index contributed by atoms with van der Waals surface area (Å²) in [6.07, 6.45) is 1.47. The maximum absolute atomic E-state index is 14.0. The van der Waals surface area contributed by atoms with Crippen LogP contribution >= 0.6 is 0 Å². The number of hydrogen-bond donors (Lipinski definition) is 1. The molecule has 5 nitrogen and oxygen atoms in total. The summed E-state index contributed by atoms with van der Waals surface area (Å²) in [7, 11) is 0. The van der Waals surface area contributed by atoms with Crippen molar-refractivity contribution in [3.05, 3.63) is 33.9 Å². The van der Waals surface area contributed by atoms with E-state index in [2.05, 4.69) is 0 Å². The monoisotopic (exact) mass is 285 g/mol. The third kappa shape index (κ3) is 2.72. The molecule has 0 spiro atoms. The van der Waals surface area contributed by atoms with E-state index in [1.165, 1.54) is 0 Å². The molecular formula is C13H17F2N3O2. The van der Waals surface area contributed by atoms with Gasteiger partial charge in [-0.1, -0.05) is 13.3 Å². The minimum absolute atomic E-state index is 0.0282. The summed E-state index contributed by atoms with van der Waals surface area (Å²) in [5.41, 5.74) is 5.19. The van der Waals surface area contributed by atoms with Gasteiger partial charge in [-0.3, -0.25) is 10.1 Å². The van der Waals surface area contributed by atoms with Crippen LogP contribution in [0.3, 0.4) is 0 Å². The maximum Gasteiger partial charge on any atom is 0.275 e. The number of nitro groups is 1. The van der Waals surface area contributed by atoms with E-state index < -0.39 is 22.2 Å². The smallest absolute Gasteiger partial charge is 0.275 e. The van der Waals surface area contributed by atoms with Crippen molar-refractivity contribution < 1.29 is 13.7 Å². The van der Waals surface area contributed by atoms with Gasteiger partial charge >= 0.3 is 0 Å². The van der Waals surface area contributed by atoms with Gasteiger partial charge in [0.25, 0.3) is 5.69 Å². The quantitative estimate of drug-likeness (QED) is 0.684. The van der Waals surface area contributed by atoms with Gasteiger partial charge in [0.15, 0.2) is 11.6 Å². The molecule has 7 heteroatoms. The molecule has 2 N–H and O–H groups in total. The SMILES string of the molecule is CCC1CN(c2c(F)cc([N+](=O)[O-])cc2F)CCC1N. The molecule has 1 saturated heterocycles. The number of benzene rings is 1. The summed E-state index contributed by atoms with van der Waals surface area (Å²) in [6.45, 7) is 2.89. The molecule has 20 heavy (non-hydrogen) atoms. The Labute approximate surface area is 115 Å². The zero-order valence-corrected chi connectivity index (χ0v) is 11.2. The molecule has 1 aliphatic heterocycles. The van der Waals surface area contributed by atoms with E-state index in [1.807, 2.05) is 6.92 Å². The lowest BCUT2D eigenvalue weighted by molar-refractivity contribution is -0.385. The average molecular weight is 285 g/mol. The highest BCUT2D eigenvalue weighted by Crippen LogP contribution is 2.31. The van der Waals surface area contributed by atoms with Crippen LogP contribution in [0.4, 0.5) is 20.2 Å². The summed E-state index contributed by atoms with van der Waals surface area (Å²) in [5, 5.41) is 10.6. The van der Waals surface area contributed by atoms with E-state index in [0.717, 1.165) is 18.6 Å². The van der Waals surface area contributed by atoms with Crippen molar-refractivity contribution in [3.63, 3.8) is 0 Å². The number of anilines is 1. The van der Waals surface area contributed by atoms with Crippen LogP contribution in [0.1, 0.15) is 19.8 Å². The predicted octanol–water partition coefficient (Wildman–Crippen LogP) is 2.44. The molecule has 0 bridgehead atoms.